The number of hydrogen-bond donors (Lipinski definition) is 2. The van der Waals surface area contributed by atoms with Crippen molar-refractivity contribution >= 4 is 5.91 Å². The fourth-order valence-corrected chi connectivity index (χ4v) is 2.67. The van der Waals surface area contributed by atoms with E-state index in [-0.39, 0.29) is 12.5 Å². The average Bonchev–Trinajstić information content (AvgIpc) is 2.84. The quantitative estimate of drug-likeness (QED) is 0.882. The Hall–Kier alpha value is -2.53. The predicted octanol–water partition coefficient (Wildman–Crippen LogP) is 2.07. The highest BCUT2D eigenvalue weighted by Gasteiger charge is 2.24. The zero-order chi connectivity index (χ0) is 16.8. The van der Waals surface area contributed by atoms with Crippen LogP contribution in [-0.4, -0.2) is 30.3 Å². The number of amides is 1. The Labute approximate surface area is 141 Å². The van der Waals surface area contributed by atoms with E-state index in [0.717, 1.165) is 11.1 Å². The van der Waals surface area contributed by atoms with Gasteiger partial charge in [0, 0.05) is 13.0 Å². The molecule has 3 rings (SSSR count). The van der Waals surface area contributed by atoms with Crippen LogP contribution in [0.2, 0.25) is 0 Å². The molecule has 24 heavy (non-hydrogen) atoms. The maximum atomic E-state index is 12.3. The molecule has 0 saturated carbocycles. The molecule has 1 unspecified atom stereocenters. The fraction of sp³-hybridized carbons (Fsp3) is 0.316. The number of para-hydroxylation sites is 2. The SMILES string of the molecule is O=C(NCCc1cccc(CO)c1)C1CCOc2ccccc2O1. The molecule has 0 aliphatic carbocycles. The van der Waals surface area contributed by atoms with Crippen LogP contribution in [0.1, 0.15) is 17.5 Å². The van der Waals surface area contributed by atoms with Crippen molar-refractivity contribution in [3.8, 4) is 11.5 Å². The molecule has 0 radical (unpaired) electrons. The van der Waals surface area contributed by atoms with Crippen molar-refractivity contribution < 1.29 is 19.4 Å². The van der Waals surface area contributed by atoms with Crippen molar-refractivity contribution in [2.75, 3.05) is 13.2 Å². The first-order valence-corrected chi connectivity index (χ1v) is 8.11. The minimum atomic E-state index is -0.544. The van der Waals surface area contributed by atoms with E-state index in [1.54, 1.807) is 6.07 Å². The summed E-state index contributed by atoms with van der Waals surface area (Å²) in [6.07, 6.45) is 0.678. The topological polar surface area (TPSA) is 67.8 Å². The van der Waals surface area contributed by atoms with Crippen molar-refractivity contribution in [2.24, 2.45) is 0 Å². The second-order valence-electron chi connectivity index (χ2n) is 5.71. The van der Waals surface area contributed by atoms with Crippen LogP contribution >= 0.6 is 0 Å². The summed E-state index contributed by atoms with van der Waals surface area (Å²) >= 11 is 0. The highest BCUT2D eigenvalue weighted by atomic mass is 16.5. The van der Waals surface area contributed by atoms with Gasteiger partial charge in [0.2, 0.25) is 0 Å². The van der Waals surface area contributed by atoms with Crippen LogP contribution in [0.15, 0.2) is 48.5 Å². The molecule has 1 aliphatic heterocycles. The Bertz CT molecular complexity index is 701. The Kier molecular flexibility index (Phi) is 5.33. The largest absolute Gasteiger partial charge is 0.490 e. The normalized spacial score (nSPS) is 16.3. The van der Waals surface area contributed by atoms with Gasteiger partial charge in [-0.2, -0.15) is 0 Å². The molecule has 2 aromatic carbocycles. The highest BCUT2D eigenvalue weighted by Crippen LogP contribution is 2.30. The third-order valence-corrected chi connectivity index (χ3v) is 3.94. The van der Waals surface area contributed by atoms with E-state index in [0.29, 0.717) is 37.5 Å². The zero-order valence-corrected chi connectivity index (χ0v) is 13.4. The number of benzene rings is 2. The van der Waals surface area contributed by atoms with Gasteiger partial charge in [0.25, 0.3) is 5.91 Å². The lowest BCUT2D eigenvalue weighted by Gasteiger charge is -2.16. The molecular formula is C19H21NO4. The van der Waals surface area contributed by atoms with Gasteiger partial charge in [0.05, 0.1) is 13.2 Å². The number of nitrogens with one attached hydrogen (secondary N) is 1. The Morgan fingerprint density at radius 1 is 1.12 bits per heavy atom. The number of hydrogen-bond acceptors (Lipinski definition) is 4. The standard InChI is InChI=1S/C19H21NO4/c21-13-15-5-3-4-14(12-15)8-10-20-19(22)18-9-11-23-16-6-1-2-7-17(16)24-18/h1-7,12,18,21H,8-11,13H2,(H,20,22). The van der Waals surface area contributed by atoms with E-state index in [4.69, 9.17) is 14.6 Å². The molecule has 1 amide bonds. The lowest BCUT2D eigenvalue weighted by Crippen LogP contribution is -2.39. The van der Waals surface area contributed by atoms with Crippen molar-refractivity contribution in [3.05, 3.63) is 59.7 Å². The number of carbonyl (C=O) groups excluding carboxylic acids is 1. The Morgan fingerprint density at radius 3 is 2.75 bits per heavy atom. The third-order valence-electron chi connectivity index (χ3n) is 3.94. The fourth-order valence-electron chi connectivity index (χ4n) is 2.67. The molecular weight excluding hydrogens is 306 g/mol. The second-order valence-corrected chi connectivity index (χ2v) is 5.71. The van der Waals surface area contributed by atoms with Crippen molar-refractivity contribution in [2.45, 2.75) is 25.6 Å². The zero-order valence-electron chi connectivity index (χ0n) is 13.4. The van der Waals surface area contributed by atoms with Crippen molar-refractivity contribution in [1.29, 1.82) is 0 Å². The Morgan fingerprint density at radius 2 is 1.92 bits per heavy atom. The summed E-state index contributed by atoms with van der Waals surface area (Å²) in [6.45, 7) is 0.999. The molecule has 0 spiro atoms. The number of aliphatic hydroxyl groups excluding tert-OH is 1. The van der Waals surface area contributed by atoms with Gasteiger partial charge in [-0.3, -0.25) is 4.79 Å². The lowest BCUT2D eigenvalue weighted by molar-refractivity contribution is -0.128. The van der Waals surface area contributed by atoms with Crippen LogP contribution in [0.5, 0.6) is 11.5 Å². The van der Waals surface area contributed by atoms with Crippen LogP contribution in [0.25, 0.3) is 0 Å². The molecule has 0 aromatic heterocycles. The molecule has 0 fully saturated rings. The van der Waals surface area contributed by atoms with Gasteiger partial charge in [0.15, 0.2) is 17.6 Å². The highest BCUT2D eigenvalue weighted by molar-refractivity contribution is 5.81. The number of rotatable bonds is 5. The minimum Gasteiger partial charge on any atom is -0.490 e. The summed E-state index contributed by atoms with van der Waals surface area (Å²) in [4.78, 5) is 12.3. The molecule has 5 nitrogen and oxygen atoms in total. The van der Waals surface area contributed by atoms with E-state index in [1.165, 1.54) is 0 Å². The van der Waals surface area contributed by atoms with Crippen molar-refractivity contribution in [3.63, 3.8) is 0 Å². The summed E-state index contributed by atoms with van der Waals surface area (Å²) < 4.78 is 11.4. The molecule has 1 atom stereocenters. The molecule has 5 heteroatoms. The van der Waals surface area contributed by atoms with Crippen molar-refractivity contribution in [1.82, 2.24) is 5.32 Å². The van der Waals surface area contributed by atoms with Gasteiger partial charge in [-0.1, -0.05) is 36.4 Å². The smallest absolute Gasteiger partial charge is 0.261 e. The number of carbonyl (C=O) groups is 1. The van der Waals surface area contributed by atoms with E-state index in [1.807, 2.05) is 42.5 Å². The van der Waals surface area contributed by atoms with E-state index >= 15 is 0 Å². The van der Waals surface area contributed by atoms with Crippen LogP contribution in [0.4, 0.5) is 0 Å². The summed E-state index contributed by atoms with van der Waals surface area (Å²) in [6, 6.07) is 15.1. The predicted molar refractivity (Wildman–Crippen MR) is 90.0 cm³/mol. The maximum absolute atomic E-state index is 12.3. The first-order chi connectivity index (χ1) is 11.8. The minimum absolute atomic E-state index is 0.0233. The number of fused-ring (bicyclic) bond motifs is 1. The van der Waals surface area contributed by atoms with Gasteiger partial charge in [-0.15, -0.1) is 0 Å². The summed E-state index contributed by atoms with van der Waals surface area (Å²) in [5, 5.41) is 12.1. The summed E-state index contributed by atoms with van der Waals surface area (Å²) in [7, 11) is 0. The van der Waals surface area contributed by atoms with Gasteiger partial charge >= 0.3 is 0 Å². The van der Waals surface area contributed by atoms with E-state index in [9.17, 15) is 4.79 Å². The molecule has 1 aliphatic rings. The molecule has 2 aromatic rings. The van der Waals surface area contributed by atoms with Crippen LogP contribution in [0.3, 0.4) is 0 Å². The van der Waals surface area contributed by atoms with Gasteiger partial charge in [-0.05, 0) is 29.7 Å². The second kappa shape index (κ2) is 7.84. The van der Waals surface area contributed by atoms with Crippen LogP contribution < -0.4 is 14.8 Å². The van der Waals surface area contributed by atoms with Gasteiger partial charge in [-0.25, -0.2) is 0 Å². The number of ether oxygens (including phenoxy) is 2. The lowest BCUT2D eigenvalue weighted by atomic mass is 10.1. The molecule has 1 heterocycles. The monoisotopic (exact) mass is 327 g/mol. The third kappa shape index (κ3) is 4.06. The average molecular weight is 327 g/mol. The van der Waals surface area contributed by atoms with Crippen LogP contribution in [0, 0.1) is 0 Å². The first-order valence-electron chi connectivity index (χ1n) is 8.11. The molecule has 126 valence electrons. The molecule has 2 N–H and O–H groups in total. The van der Waals surface area contributed by atoms with Gasteiger partial charge in [0.1, 0.15) is 0 Å². The maximum Gasteiger partial charge on any atom is 0.261 e. The summed E-state index contributed by atoms with van der Waals surface area (Å²) in [5.74, 6) is 1.15. The Balaban J connectivity index is 1.53. The van der Waals surface area contributed by atoms with E-state index < -0.39 is 6.10 Å². The number of aliphatic hydroxyl groups is 1. The molecule has 0 bridgehead atoms. The van der Waals surface area contributed by atoms with Crippen LogP contribution in [-0.2, 0) is 17.8 Å². The first kappa shape index (κ1) is 16.3. The molecule has 0 saturated heterocycles. The van der Waals surface area contributed by atoms with E-state index in [2.05, 4.69) is 5.32 Å². The summed E-state index contributed by atoms with van der Waals surface area (Å²) in [5.41, 5.74) is 1.96. The van der Waals surface area contributed by atoms with Gasteiger partial charge < -0.3 is 19.9 Å².